The van der Waals surface area contributed by atoms with Gasteiger partial charge in [-0.3, -0.25) is 9.80 Å². The molecule has 0 N–H and O–H groups in total. The minimum Gasteiger partial charge on any atom is -0.491 e. The van der Waals surface area contributed by atoms with Crippen molar-refractivity contribution < 1.29 is 9.47 Å². The Morgan fingerprint density at radius 3 is 2.48 bits per heavy atom. The minimum atomic E-state index is 0.229. The molecule has 0 aromatic heterocycles. The molecule has 140 valence electrons. The lowest BCUT2D eigenvalue weighted by Gasteiger charge is -2.41. The van der Waals surface area contributed by atoms with Gasteiger partial charge in [0.15, 0.2) is 0 Å². The number of piperidine rings is 1. The zero-order valence-corrected chi connectivity index (χ0v) is 16.1. The SMILES string of the molecule is CC(C)Oc1cccc(CN2CCC([C@H](C)N3CCOCC3)CC2)c1. The predicted molar refractivity (Wildman–Crippen MR) is 102 cm³/mol. The first-order valence-corrected chi connectivity index (χ1v) is 9.91. The van der Waals surface area contributed by atoms with E-state index < -0.39 is 0 Å². The first-order valence-electron chi connectivity index (χ1n) is 9.91. The second kappa shape index (κ2) is 9.02. The van der Waals surface area contributed by atoms with Crippen molar-refractivity contribution in [1.82, 2.24) is 9.80 Å². The van der Waals surface area contributed by atoms with Gasteiger partial charge in [-0.25, -0.2) is 0 Å². The van der Waals surface area contributed by atoms with Crippen molar-refractivity contribution >= 4 is 0 Å². The van der Waals surface area contributed by atoms with Gasteiger partial charge in [0.25, 0.3) is 0 Å². The molecule has 3 rings (SSSR count). The van der Waals surface area contributed by atoms with E-state index in [0.29, 0.717) is 6.04 Å². The Hall–Kier alpha value is -1.10. The zero-order chi connectivity index (χ0) is 17.6. The van der Waals surface area contributed by atoms with Crippen LogP contribution in [0.15, 0.2) is 24.3 Å². The van der Waals surface area contributed by atoms with Crippen LogP contribution in [0.2, 0.25) is 0 Å². The standard InChI is InChI=1S/C21H34N2O2/c1-17(2)25-21-6-4-5-19(15-21)16-22-9-7-20(8-10-22)18(3)23-11-13-24-14-12-23/h4-6,15,17-18,20H,7-14,16H2,1-3H3/t18-/m0/s1. The van der Waals surface area contributed by atoms with Crippen molar-refractivity contribution in [3.8, 4) is 5.75 Å². The molecule has 0 unspecified atom stereocenters. The summed E-state index contributed by atoms with van der Waals surface area (Å²) in [5.41, 5.74) is 1.36. The van der Waals surface area contributed by atoms with Crippen LogP contribution in [0.4, 0.5) is 0 Å². The van der Waals surface area contributed by atoms with Crippen LogP contribution < -0.4 is 4.74 Å². The molecule has 1 aromatic rings. The van der Waals surface area contributed by atoms with Crippen molar-refractivity contribution in [2.75, 3.05) is 39.4 Å². The van der Waals surface area contributed by atoms with Crippen LogP contribution in [0.5, 0.6) is 5.75 Å². The summed E-state index contributed by atoms with van der Waals surface area (Å²) < 4.78 is 11.3. The van der Waals surface area contributed by atoms with Crippen LogP contribution >= 0.6 is 0 Å². The number of hydrogen-bond acceptors (Lipinski definition) is 4. The third kappa shape index (κ3) is 5.44. The molecule has 0 bridgehead atoms. The molecule has 0 aliphatic carbocycles. The third-order valence-electron chi connectivity index (χ3n) is 5.61. The average Bonchev–Trinajstić information content (AvgIpc) is 2.62. The maximum absolute atomic E-state index is 5.83. The van der Waals surface area contributed by atoms with E-state index in [0.717, 1.165) is 44.5 Å². The van der Waals surface area contributed by atoms with Crippen molar-refractivity contribution in [2.24, 2.45) is 5.92 Å². The Kier molecular flexibility index (Phi) is 6.74. The van der Waals surface area contributed by atoms with Crippen LogP contribution in [0.3, 0.4) is 0 Å². The van der Waals surface area contributed by atoms with Gasteiger partial charge in [-0.15, -0.1) is 0 Å². The van der Waals surface area contributed by atoms with E-state index in [1.54, 1.807) is 0 Å². The Morgan fingerprint density at radius 2 is 1.80 bits per heavy atom. The van der Waals surface area contributed by atoms with Gasteiger partial charge in [-0.05, 0) is 70.3 Å². The fraction of sp³-hybridized carbons (Fsp3) is 0.714. The second-order valence-electron chi connectivity index (χ2n) is 7.82. The number of benzene rings is 1. The summed E-state index contributed by atoms with van der Waals surface area (Å²) in [6.07, 6.45) is 2.84. The zero-order valence-electron chi connectivity index (χ0n) is 16.1. The lowest BCUT2D eigenvalue weighted by atomic mass is 9.89. The lowest BCUT2D eigenvalue weighted by Crippen LogP contribution is -2.48. The molecule has 4 nitrogen and oxygen atoms in total. The molecular formula is C21H34N2O2. The van der Waals surface area contributed by atoms with Gasteiger partial charge >= 0.3 is 0 Å². The fourth-order valence-electron chi connectivity index (χ4n) is 4.12. The first kappa shape index (κ1) is 18.7. The molecule has 2 aliphatic rings. The van der Waals surface area contributed by atoms with Crippen molar-refractivity contribution in [1.29, 1.82) is 0 Å². The average molecular weight is 347 g/mol. The van der Waals surface area contributed by atoms with E-state index in [-0.39, 0.29) is 6.10 Å². The number of nitrogens with zero attached hydrogens (tertiary/aromatic N) is 2. The number of hydrogen-bond donors (Lipinski definition) is 0. The van der Waals surface area contributed by atoms with Crippen molar-refractivity contribution in [3.63, 3.8) is 0 Å². The number of rotatable bonds is 6. The van der Waals surface area contributed by atoms with Gasteiger partial charge in [0.2, 0.25) is 0 Å². The van der Waals surface area contributed by atoms with Gasteiger partial charge in [-0.1, -0.05) is 12.1 Å². The molecule has 25 heavy (non-hydrogen) atoms. The summed E-state index contributed by atoms with van der Waals surface area (Å²) >= 11 is 0. The van der Waals surface area contributed by atoms with Crippen molar-refractivity contribution in [3.05, 3.63) is 29.8 Å². The summed E-state index contributed by atoms with van der Waals surface area (Å²) in [4.78, 5) is 5.22. The van der Waals surface area contributed by atoms with Gasteiger partial charge in [0.1, 0.15) is 5.75 Å². The fourth-order valence-corrected chi connectivity index (χ4v) is 4.12. The maximum atomic E-state index is 5.83. The highest BCUT2D eigenvalue weighted by atomic mass is 16.5. The van der Waals surface area contributed by atoms with E-state index in [2.05, 4.69) is 54.8 Å². The summed E-state index contributed by atoms with van der Waals surface area (Å²) in [7, 11) is 0. The number of ether oxygens (including phenoxy) is 2. The molecule has 0 spiro atoms. The topological polar surface area (TPSA) is 24.9 Å². The second-order valence-corrected chi connectivity index (χ2v) is 7.82. The highest BCUT2D eigenvalue weighted by Crippen LogP contribution is 2.26. The molecule has 4 heteroatoms. The highest BCUT2D eigenvalue weighted by molar-refractivity contribution is 5.28. The Bertz CT molecular complexity index is 520. The third-order valence-corrected chi connectivity index (χ3v) is 5.61. The Balaban J connectivity index is 1.47. The van der Waals surface area contributed by atoms with Crippen LogP contribution in [-0.4, -0.2) is 61.3 Å². The first-order chi connectivity index (χ1) is 12.1. The molecule has 1 aromatic carbocycles. The predicted octanol–water partition coefficient (Wildman–Crippen LogP) is 3.41. The smallest absolute Gasteiger partial charge is 0.120 e. The normalized spacial score (nSPS) is 22.2. The van der Waals surface area contributed by atoms with E-state index in [1.807, 2.05) is 0 Å². The van der Waals surface area contributed by atoms with E-state index in [9.17, 15) is 0 Å². The monoisotopic (exact) mass is 346 g/mol. The quantitative estimate of drug-likeness (QED) is 0.788. The largest absolute Gasteiger partial charge is 0.491 e. The van der Waals surface area contributed by atoms with Crippen LogP contribution in [0, 0.1) is 5.92 Å². The van der Waals surface area contributed by atoms with Crippen molar-refractivity contribution in [2.45, 2.75) is 52.3 Å². The Labute approximate surface area is 153 Å². The molecule has 2 fully saturated rings. The summed E-state index contributed by atoms with van der Waals surface area (Å²) in [5.74, 6) is 1.81. The molecule has 0 amide bonds. The summed E-state index contributed by atoms with van der Waals surface area (Å²) in [6.45, 7) is 14.0. The van der Waals surface area contributed by atoms with E-state index in [1.165, 1.54) is 31.5 Å². The van der Waals surface area contributed by atoms with Crippen LogP contribution in [0.1, 0.15) is 39.2 Å². The van der Waals surface area contributed by atoms with Gasteiger partial charge in [0.05, 0.1) is 19.3 Å². The molecule has 2 aliphatic heterocycles. The summed E-state index contributed by atoms with van der Waals surface area (Å²) in [5, 5.41) is 0. The van der Waals surface area contributed by atoms with Crippen LogP contribution in [-0.2, 0) is 11.3 Å². The highest BCUT2D eigenvalue weighted by Gasteiger charge is 2.28. The molecule has 0 radical (unpaired) electrons. The van der Waals surface area contributed by atoms with Gasteiger partial charge in [0, 0.05) is 25.7 Å². The number of likely N-dealkylation sites (tertiary alicyclic amines) is 1. The molecule has 2 heterocycles. The maximum Gasteiger partial charge on any atom is 0.120 e. The summed E-state index contributed by atoms with van der Waals surface area (Å²) in [6, 6.07) is 9.27. The molecule has 1 atom stereocenters. The number of morpholine rings is 1. The molecule has 0 saturated carbocycles. The van der Waals surface area contributed by atoms with Gasteiger partial charge < -0.3 is 9.47 Å². The minimum absolute atomic E-state index is 0.229. The van der Waals surface area contributed by atoms with E-state index >= 15 is 0 Å². The van der Waals surface area contributed by atoms with Gasteiger partial charge in [-0.2, -0.15) is 0 Å². The molecule has 2 saturated heterocycles. The lowest BCUT2D eigenvalue weighted by molar-refractivity contribution is -0.00192. The Morgan fingerprint density at radius 1 is 1.08 bits per heavy atom. The molecular weight excluding hydrogens is 312 g/mol. The van der Waals surface area contributed by atoms with E-state index in [4.69, 9.17) is 9.47 Å². The van der Waals surface area contributed by atoms with Crippen LogP contribution in [0.25, 0.3) is 0 Å².